The summed E-state index contributed by atoms with van der Waals surface area (Å²) in [6.45, 7) is 0. The molecule has 5 nitrogen and oxygen atoms in total. The van der Waals surface area contributed by atoms with E-state index in [0.717, 1.165) is 16.2 Å². The van der Waals surface area contributed by atoms with E-state index in [2.05, 4.69) is 5.32 Å². The van der Waals surface area contributed by atoms with Crippen LogP contribution < -0.4 is 11.1 Å². The highest BCUT2D eigenvalue weighted by molar-refractivity contribution is 7.99. The van der Waals surface area contributed by atoms with Crippen molar-refractivity contribution in [3.8, 4) is 0 Å². The lowest BCUT2D eigenvalue weighted by molar-refractivity contribution is -0.137. The molecule has 7 heteroatoms. The third kappa shape index (κ3) is 4.18. The highest BCUT2D eigenvalue weighted by atomic mass is 32.2. The fourth-order valence-electron chi connectivity index (χ4n) is 2.20. The molecule has 2 unspecified atom stereocenters. The Bertz CT molecular complexity index is 553. The van der Waals surface area contributed by atoms with Crippen molar-refractivity contribution in [2.75, 3.05) is 5.75 Å². The van der Waals surface area contributed by atoms with Crippen molar-refractivity contribution >= 4 is 23.6 Å². The molecule has 21 heavy (non-hydrogen) atoms. The molecule has 1 amide bonds. The monoisotopic (exact) mass is 312 g/mol. The number of aliphatic carboxylic acids is 1. The van der Waals surface area contributed by atoms with E-state index in [0.29, 0.717) is 6.42 Å². The number of amides is 1. The van der Waals surface area contributed by atoms with Crippen molar-refractivity contribution in [1.29, 1.82) is 0 Å². The number of halogens is 1. The van der Waals surface area contributed by atoms with Crippen LogP contribution in [0, 0.1) is 5.82 Å². The molecule has 1 aliphatic rings. The average Bonchev–Trinajstić information content (AvgIpc) is 2.45. The molecular weight excluding hydrogens is 295 g/mol. The van der Waals surface area contributed by atoms with Crippen LogP contribution in [0.1, 0.15) is 30.9 Å². The van der Waals surface area contributed by atoms with Crippen LogP contribution in [-0.4, -0.2) is 28.8 Å². The maximum Gasteiger partial charge on any atom is 0.303 e. The van der Waals surface area contributed by atoms with E-state index < -0.39 is 17.9 Å². The number of carboxylic acids is 1. The Morgan fingerprint density at radius 3 is 3.00 bits per heavy atom. The summed E-state index contributed by atoms with van der Waals surface area (Å²) in [6, 6.07) is 3.38. The first-order valence-electron chi connectivity index (χ1n) is 6.67. The number of benzene rings is 1. The molecule has 1 aromatic carbocycles. The van der Waals surface area contributed by atoms with Gasteiger partial charge < -0.3 is 16.2 Å². The van der Waals surface area contributed by atoms with Gasteiger partial charge in [0.25, 0.3) is 0 Å². The van der Waals surface area contributed by atoms with Crippen LogP contribution in [-0.2, 0) is 9.59 Å². The van der Waals surface area contributed by atoms with Crippen molar-refractivity contribution in [2.24, 2.45) is 5.73 Å². The zero-order valence-corrected chi connectivity index (χ0v) is 12.2. The maximum absolute atomic E-state index is 13.4. The molecule has 0 saturated carbocycles. The van der Waals surface area contributed by atoms with Crippen LogP contribution in [0.2, 0.25) is 0 Å². The topological polar surface area (TPSA) is 92.4 Å². The molecule has 0 bridgehead atoms. The number of nitrogens with one attached hydrogen (secondary N) is 1. The molecule has 0 saturated heterocycles. The summed E-state index contributed by atoms with van der Waals surface area (Å²) >= 11 is 1.62. The first-order chi connectivity index (χ1) is 9.97. The Kier molecular flexibility index (Phi) is 5.19. The van der Waals surface area contributed by atoms with Crippen molar-refractivity contribution in [3.63, 3.8) is 0 Å². The van der Waals surface area contributed by atoms with E-state index in [1.54, 1.807) is 17.8 Å². The first kappa shape index (κ1) is 15.8. The van der Waals surface area contributed by atoms with Crippen LogP contribution in [0.4, 0.5) is 4.39 Å². The second-order valence-corrected chi connectivity index (χ2v) is 6.06. The molecule has 0 fully saturated rings. The van der Waals surface area contributed by atoms with E-state index in [1.165, 1.54) is 12.1 Å². The number of fused-ring (bicyclic) bond motifs is 1. The average molecular weight is 312 g/mol. The van der Waals surface area contributed by atoms with Crippen molar-refractivity contribution in [3.05, 3.63) is 29.6 Å². The Balaban J connectivity index is 2.02. The van der Waals surface area contributed by atoms with Gasteiger partial charge in [0, 0.05) is 17.1 Å². The normalized spacial score (nSPS) is 18.7. The zero-order chi connectivity index (χ0) is 15.4. The second kappa shape index (κ2) is 6.91. The minimum Gasteiger partial charge on any atom is -0.481 e. The summed E-state index contributed by atoms with van der Waals surface area (Å²) < 4.78 is 13.4. The van der Waals surface area contributed by atoms with Crippen LogP contribution in [0.15, 0.2) is 23.1 Å². The largest absolute Gasteiger partial charge is 0.481 e. The third-order valence-electron chi connectivity index (χ3n) is 3.33. The van der Waals surface area contributed by atoms with Crippen LogP contribution >= 0.6 is 11.8 Å². The molecule has 114 valence electrons. The van der Waals surface area contributed by atoms with Gasteiger partial charge in [0.1, 0.15) is 5.82 Å². The Hall–Kier alpha value is -1.60. The summed E-state index contributed by atoms with van der Waals surface area (Å²) in [6.07, 6.45) is 0.622. The van der Waals surface area contributed by atoms with Gasteiger partial charge in [-0.05, 0) is 36.6 Å². The summed E-state index contributed by atoms with van der Waals surface area (Å²) in [7, 11) is 0. The molecule has 0 aliphatic carbocycles. The molecule has 1 aliphatic heterocycles. The predicted molar refractivity (Wildman–Crippen MR) is 77.5 cm³/mol. The highest BCUT2D eigenvalue weighted by Crippen LogP contribution is 2.36. The molecule has 1 heterocycles. The van der Waals surface area contributed by atoms with Gasteiger partial charge in [0.2, 0.25) is 5.91 Å². The van der Waals surface area contributed by atoms with Gasteiger partial charge in [-0.1, -0.05) is 0 Å². The fourth-order valence-corrected chi connectivity index (χ4v) is 3.31. The predicted octanol–water partition coefficient (Wildman–Crippen LogP) is 1.67. The van der Waals surface area contributed by atoms with E-state index in [-0.39, 0.29) is 24.7 Å². The van der Waals surface area contributed by atoms with Crippen molar-refractivity contribution in [1.82, 2.24) is 5.32 Å². The van der Waals surface area contributed by atoms with Gasteiger partial charge in [-0.3, -0.25) is 9.59 Å². The second-order valence-electron chi connectivity index (χ2n) is 4.92. The quantitative estimate of drug-likeness (QED) is 0.769. The smallest absolute Gasteiger partial charge is 0.303 e. The minimum atomic E-state index is -0.986. The third-order valence-corrected chi connectivity index (χ3v) is 4.46. The van der Waals surface area contributed by atoms with Gasteiger partial charge in [-0.25, -0.2) is 4.39 Å². The van der Waals surface area contributed by atoms with Crippen LogP contribution in [0.5, 0.6) is 0 Å². The standard InChI is InChI=1S/C14H17FN2O3S/c15-8-1-3-12-9(7-8)11(5-6-21-12)17-14(20)10(16)2-4-13(18)19/h1,3,7,10-11H,2,4-6,16H2,(H,17,20)(H,18,19). The Morgan fingerprint density at radius 2 is 2.29 bits per heavy atom. The van der Waals surface area contributed by atoms with Gasteiger partial charge in [0.05, 0.1) is 12.1 Å². The number of hydrogen-bond donors (Lipinski definition) is 3. The summed E-state index contributed by atoms with van der Waals surface area (Å²) in [5, 5.41) is 11.4. The number of carbonyl (C=O) groups excluding carboxylic acids is 1. The summed E-state index contributed by atoms with van der Waals surface area (Å²) in [4.78, 5) is 23.4. The minimum absolute atomic E-state index is 0.0820. The maximum atomic E-state index is 13.4. The lowest BCUT2D eigenvalue weighted by atomic mass is 10.0. The number of nitrogens with two attached hydrogens (primary N) is 1. The lowest BCUT2D eigenvalue weighted by Crippen LogP contribution is -2.43. The van der Waals surface area contributed by atoms with Crippen molar-refractivity contribution in [2.45, 2.75) is 36.2 Å². The van der Waals surface area contributed by atoms with Crippen LogP contribution in [0.3, 0.4) is 0 Å². The molecule has 2 atom stereocenters. The van der Waals surface area contributed by atoms with E-state index in [9.17, 15) is 14.0 Å². The van der Waals surface area contributed by atoms with Crippen molar-refractivity contribution < 1.29 is 19.1 Å². The van der Waals surface area contributed by atoms with Gasteiger partial charge >= 0.3 is 5.97 Å². The zero-order valence-electron chi connectivity index (χ0n) is 11.3. The summed E-state index contributed by atoms with van der Waals surface area (Å²) in [5.74, 6) is -0.901. The molecule has 1 aromatic rings. The van der Waals surface area contributed by atoms with Crippen LogP contribution in [0.25, 0.3) is 0 Å². The number of thioether (sulfide) groups is 1. The van der Waals surface area contributed by atoms with Gasteiger partial charge in [0.15, 0.2) is 0 Å². The fraction of sp³-hybridized carbons (Fsp3) is 0.429. The number of rotatable bonds is 5. The molecule has 4 N–H and O–H groups in total. The number of hydrogen-bond acceptors (Lipinski definition) is 4. The Labute approximate surface area is 126 Å². The molecule has 0 radical (unpaired) electrons. The van der Waals surface area contributed by atoms with Gasteiger partial charge in [-0.2, -0.15) is 0 Å². The highest BCUT2D eigenvalue weighted by Gasteiger charge is 2.25. The molecule has 0 spiro atoms. The van der Waals surface area contributed by atoms with E-state index >= 15 is 0 Å². The molecule has 0 aromatic heterocycles. The van der Waals surface area contributed by atoms with E-state index in [4.69, 9.17) is 10.8 Å². The molecular formula is C14H17FN2O3S. The lowest BCUT2D eigenvalue weighted by Gasteiger charge is -2.27. The van der Waals surface area contributed by atoms with E-state index in [1.807, 2.05) is 0 Å². The molecule has 2 rings (SSSR count). The Morgan fingerprint density at radius 1 is 1.52 bits per heavy atom. The first-order valence-corrected chi connectivity index (χ1v) is 7.66. The number of carboxylic acid groups (broad SMARTS) is 1. The van der Waals surface area contributed by atoms with Gasteiger partial charge in [-0.15, -0.1) is 11.8 Å². The summed E-state index contributed by atoms with van der Waals surface area (Å²) in [5.41, 5.74) is 6.43. The number of carbonyl (C=O) groups is 2. The SMILES string of the molecule is NC(CCC(=O)O)C(=O)NC1CCSc2ccc(F)cc21.